The van der Waals surface area contributed by atoms with E-state index in [2.05, 4.69) is 20.3 Å². The van der Waals surface area contributed by atoms with Gasteiger partial charge in [0.2, 0.25) is 17.7 Å². The number of likely N-dealkylation sites (N-methyl/N-ethyl adjacent to an activating group) is 1. The molecule has 5 rings (SSSR count). The van der Waals surface area contributed by atoms with Crippen molar-refractivity contribution in [3.05, 3.63) is 88.9 Å². The number of amides is 3. The minimum absolute atomic E-state index is 0.0708. The number of nitrogens with zero attached hydrogens (tertiary/aromatic N) is 5. The lowest BCUT2D eigenvalue weighted by molar-refractivity contribution is -0.122. The molecule has 0 unspecified atom stereocenters. The van der Waals surface area contributed by atoms with E-state index in [9.17, 15) is 14.4 Å². The number of rotatable bonds is 9. The van der Waals surface area contributed by atoms with Crippen molar-refractivity contribution < 1.29 is 19.1 Å². The molecule has 3 amide bonds. The molecule has 0 radical (unpaired) electrons. The smallest absolute Gasteiger partial charge is 0.246 e. The van der Waals surface area contributed by atoms with Crippen LogP contribution in [0.3, 0.4) is 0 Å². The van der Waals surface area contributed by atoms with Crippen LogP contribution in [0.15, 0.2) is 60.9 Å². The van der Waals surface area contributed by atoms with Gasteiger partial charge in [-0.2, -0.15) is 0 Å². The maximum absolute atomic E-state index is 13.0. The van der Waals surface area contributed by atoms with Crippen LogP contribution < -0.4 is 19.9 Å². The van der Waals surface area contributed by atoms with E-state index in [0.29, 0.717) is 42.2 Å². The number of hydrogen-bond donors (Lipinski definition) is 1. The molecule has 1 saturated heterocycles. The molecule has 3 heterocycles. The molecule has 2 aromatic carbocycles. The van der Waals surface area contributed by atoms with E-state index in [0.717, 1.165) is 40.0 Å². The number of fused-ring (bicyclic) bond motifs is 1. The van der Waals surface area contributed by atoms with Crippen LogP contribution in [0, 0.1) is 20.8 Å². The van der Waals surface area contributed by atoms with Crippen molar-refractivity contribution in [1.82, 2.24) is 20.3 Å². The summed E-state index contributed by atoms with van der Waals surface area (Å²) in [5.74, 6) is 0.662. The zero-order valence-electron chi connectivity index (χ0n) is 24.8. The molecule has 0 atom stereocenters. The fourth-order valence-corrected chi connectivity index (χ4v) is 5.02. The molecule has 0 bridgehead atoms. The quantitative estimate of drug-likeness (QED) is 0.292. The number of aromatic nitrogens is 3. The van der Waals surface area contributed by atoms with Gasteiger partial charge in [-0.15, -0.1) is 0 Å². The van der Waals surface area contributed by atoms with Crippen LogP contribution in [-0.2, 0) is 21.0 Å². The van der Waals surface area contributed by atoms with Crippen LogP contribution in [0.2, 0.25) is 0 Å². The third kappa shape index (κ3) is 6.69. The third-order valence-corrected chi connectivity index (χ3v) is 7.53. The number of benzene rings is 2. The number of ether oxygens (including phenoxy) is 1. The normalized spacial score (nSPS) is 13.1. The first-order valence-corrected chi connectivity index (χ1v) is 14.1. The minimum atomic E-state index is -0.399. The molecule has 1 aliphatic heterocycles. The molecule has 0 spiro atoms. The van der Waals surface area contributed by atoms with Gasteiger partial charge in [-0.25, -0.2) is 9.97 Å². The molecular formula is C33H34N6O4. The van der Waals surface area contributed by atoms with E-state index in [-0.39, 0.29) is 18.4 Å². The Morgan fingerprint density at radius 2 is 1.91 bits per heavy atom. The third-order valence-electron chi connectivity index (χ3n) is 7.53. The van der Waals surface area contributed by atoms with Crippen molar-refractivity contribution in [2.45, 2.75) is 40.2 Å². The lowest BCUT2D eigenvalue weighted by Gasteiger charge is -2.23. The van der Waals surface area contributed by atoms with Crippen molar-refractivity contribution >= 4 is 46.3 Å². The second-order valence-electron chi connectivity index (χ2n) is 10.5. The molecule has 10 heteroatoms. The van der Waals surface area contributed by atoms with Crippen molar-refractivity contribution in [3.8, 4) is 5.75 Å². The van der Waals surface area contributed by atoms with E-state index >= 15 is 0 Å². The maximum Gasteiger partial charge on any atom is 0.246 e. The summed E-state index contributed by atoms with van der Waals surface area (Å²) in [4.78, 5) is 53.9. The first kappa shape index (κ1) is 29.4. The van der Waals surface area contributed by atoms with Crippen LogP contribution in [0.1, 0.15) is 40.8 Å². The largest absolute Gasteiger partial charge is 0.487 e. The van der Waals surface area contributed by atoms with Gasteiger partial charge in [-0.3, -0.25) is 24.3 Å². The van der Waals surface area contributed by atoms with Crippen molar-refractivity contribution in [1.29, 1.82) is 0 Å². The van der Waals surface area contributed by atoms with E-state index in [1.165, 1.54) is 11.0 Å². The van der Waals surface area contributed by atoms with Crippen LogP contribution in [0.4, 0.5) is 11.5 Å². The highest BCUT2D eigenvalue weighted by Crippen LogP contribution is 2.29. The number of nitrogens with one attached hydrogen (secondary N) is 1. The van der Waals surface area contributed by atoms with E-state index < -0.39 is 5.91 Å². The fraction of sp³-hybridized carbons (Fsp3) is 0.273. The Labute approximate surface area is 250 Å². The molecule has 10 nitrogen and oxygen atoms in total. The topological polar surface area (TPSA) is 118 Å². The van der Waals surface area contributed by atoms with Gasteiger partial charge in [0.25, 0.3) is 0 Å². The number of carbonyl (C=O) groups is 3. The van der Waals surface area contributed by atoms with Gasteiger partial charge in [0.05, 0.1) is 17.8 Å². The zero-order chi connectivity index (χ0) is 30.5. The Kier molecular flexibility index (Phi) is 8.75. The molecule has 43 heavy (non-hydrogen) atoms. The SMILES string of the molecule is Cc1cnc2cccc(OCc3c(C)ccc(N(C)C(=O)CNC(=O)C=Cc4ccc(N5CCCC5=O)nc4)c3C)c2n1. The highest BCUT2D eigenvalue weighted by Gasteiger charge is 2.22. The predicted molar refractivity (Wildman–Crippen MR) is 166 cm³/mol. The molecule has 2 aromatic heterocycles. The van der Waals surface area contributed by atoms with Gasteiger partial charge in [0, 0.05) is 44.2 Å². The van der Waals surface area contributed by atoms with Crippen LogP contribution >= 0.6 is 0 Å². The second-order valence-corrected chi connectivity index (χ2v) is 10.5. The summed E-state index contributed by atoms with van der Waals surface area (Å²) in [5, 5.41) is 2.65. The summed E-state index contributed by atoms with van der Waals surface area (Å²) in [6.07, 6.45) is 7.68. The van der Waals surface area contributed by atoms with Crippen LogP contribution in [0.25, 0.3) is 17.1 Å². The molecule has 220 valence electrons. The number of aryl methyl sites for hydroxylation is 2. The van der Waals surface area contributed by atoms with E-state index in [1.54, 1.807) is 42.6 Å². The second kappa shape index (κ2) is 12.8. The summed E-state index contributed by atoms with van der Waals surface area (Å²) >= 11 is 0. The number of anilines is 2. The summed E-state index contributed by atoms with van der Waals surface area (Å²) in [5.41, 5.74) is 6.64. The number of hydrogen-bond acceptors (Lipinski definition) is 7. The van der Waals surface area contributed by atoms with E-state index in [1.807, 2.05) is 51.1 Å². The first-order valence-electron chi connectivity index (χ1n) is 14.1. The van der Waals surface area contributed by atoms with Crippen LogP contribution in [0.5, 0.6) is 5.75 Å². The number of pyridine rings is 1. The highest BCUT2D eigenvalue weighted by atomic mass is 16.5. The number of carbonyl (C=O) groups excluding carboxylic acids is 3. The Bertz CT molecular complexity index is 1720. The Morgan fingerprint density at radius 1 is 1.07 bits per heavy atom. The molecule has 0 aliphatic carbocycles. The van der Waals surface area contributed by atoms with Crippen molar-refractivity contribution in [3.63, 3.8) is 0 Å². The average Bonchev–Trinajstić information content (AvgIpc) is 3.44. The molecule has 4 aromatic rings. The van der Waals surface area contributed by atoms with Crippen LogP contribution in [-0.4, -0.2) is 52.8 Å². The average molecular weight is 579 g/mol. The Balaban J connectivity index is 1.19. The zero-order valence-corrected chi connectivity index (χ0v) is 24.8. The van der Waals surface area contributed by atoms with Gasteiger partial charge in [0.1, 0.15) is 23.7 Å². The van der Waals surface area contributed by atoms with Gasteiger partial charge in [-0.1, -0.05) is 12.1 Å². The lowest BCUT2D eigenvalue weighted by Crippen LogP contribution is -2.38. The predicted octanol–water partition coefficient (Wildman–Crippen LogP) is 4.45. The first-order chi connectivity index (χ1) is 20.7. The summed E-state index contributed by atoms with van der Waals surface area (Å²) in [6.45, 7) is 6.66. The van der Waals surface area contributed by atoms with Gasteiger partial charge in [0.15, 0.2) is 0 Å². The van der Waals surface area contributed by atoms with Crippen molar-refractivity contribution in [2.24, 2.45) is 0 Å². The highest BCUT2D eigenvalue weighted by molar-refractivity contribution is 5.99. The minimum Gasteiger partial charge on any atom is -0.487 e. The fourth-order valence-electron chi connectivity index (χ4n) is 5.02. The Hall–Kier alpha value is -5.12. The number of para-hydroxylation sites is 1. The molecule has 1 fully saturated rings. The monoisotopic (exact) mass is 578 g/mol. The summed E-state index contributed by atoms with van der Waals surface area (Å²) in [6, 6.07) is 13.1. The van der Waals surface area contributed by atoms with E-state index in [4.69, 9.17) is 4.74 Å². The standard InChI is InChI=1S/C33H34N6O4/c1-21-10-13-27(23(3)25(21)20-43-28-8-5-7-26-33(28)37-22(2)17-34-26)38(4)32(42)19-36-30(40)15-12-24-11-14-29(35-18-24)39-16-6-9-31(39)41/h5,7-8,10-15,17-18H,6,9,16,19-20H2,1-4H3,(H,36,40). The summed E-state index contributed by atoms with van der Waals surface area (Å²) < 4.78 is 6.20. The van der Waals surface area contributed by atoms with Gasteiger partial charge >= 0.3 is 0 Å². The van der Waals surface area contributed by atoms with Crippen molar-refractivity contribution in [2.75, 3.05) is 29.9 Å². The molecule has 0 saturated carbocycles. The molecule has 1 aliphatic rings. The Morgan fingerprint density at radius 3 is 2.65 bits per heavy atom. The maximum atomic E-state index is 13.0. The van der Waals surface area contributed by atoms with Gasteiger partial charge in [-0.05, 0) is 85.9 Å². The summed E-state index contributed by atoms with van der Waals surface area (Å²) in [7, 11) is 1.69. The lowest BCUT2D eigenvalue weighted by atomic mass is 10.0. The molecule has 1 N–H and O–H groups in total. The van der Waals surface area contributed by atoms with Gasteiger partial charge < -0.3 is 15.0 Å². The molecular weight excluding hydrogens is 544 g/mol.